The number of aromatic nitrogens is 4. The zero-order valence-electron chi connectivity index (χ0n) is 13.0. The van der Waals surface area contributed by atoms with E-state index in [4.69, 9.17) is 4.74 Å². The average molecular weight is 313 g/mol. The molecule has 0 aliphatic carbocycles. The predicted octanol–water partition coefficient (Wildman–Crippen LogP) is 1.44. The molecule has 23 heavy (non-hydrogen) atoms. The van der Waals surface area contributed by atoms with Gasteiger partial charge in [-0.3, -0.25) is 9.36 Å². The van der Waals surface area contributed by atoms with Crippen LogP contribution in [0.2, 0.25) is 0 Å². The Morgan fingerprint density at radius 1 is 1.17 bits per heavy atom. The second kappa shape index (κ2) is 5.73. The maximum atomic E-state index is 13.0. The van der Waals surface area contributed by atoms with Crippen LogP contribution in [0.4, 0.5) is 0 Å². The van der Waals surface area contributed by atoms with Gasteiger partial charge in [0.15, 0.2) is 0 Å². The highest BCUT2D eigenvalue weighted by Gasteiger charge is 2.43. The zero-order valence-corrected chi connectivity index (χ0v) is 13.0. The van der Waals surface area contributed by atoms with Crippen molar-refractivity contribution in [1.82, 2.24) is 24.6 Å². The normalized spacial score (nSPS) is 26.5. The molecule has 120 valence electrons. The number of ether oxygens (including phenoxy) is 1. The third-order valence-electron chi connectivity index (χ3n) is 4.89. The topological polar surface area (TPSA) is 73.1 Å². The number of hydrogen-bond donors (Lipinski definition) is 0. The maximum absolute atomic E-state index is 13.0. The quantitative estimate of drug-likeness (QED) is 0.857. The van der Waals surface area contributed by atoms with E-state index in [1.54, 1.807) is 30.4 Å². The molecule has 7 heteroatoms. The van der Waals surface area contributed by atoms with Crippen LogP contribution < -0.4 is 0 Å². The van der Waals surface area contributed by atoms with Gasteiger partial charge in [0.1, 0.15) is 24.2 Å². The van der Waals surface area contributed by atoms with Gasteiger partial charge in [-0.1, -0.05) is 6.07 Å². The predicted molar refractivity (Wildman–Crippen MR) is 82.2 cm³/mol. The van der Waals surface area contributed by atoms with Crippen molar-refractivity contribution in [2.24, 2.45) is 0 Å². The van der Waals surface area contributed by atoms with Crippen LogP contribution in [0.5, 0.6) is 0 Å². The second-order valence-electron chi connectivity index (χ2n) is 6.18. The van der Waals surface area contributed by atoms with Gasteiger partial charge in [0, 0.05) is 19.2 Å². The molecule has 0 N–H and O–H groups in total. The lowest BCUT2D eigenvalue weighted by molar-refractivity contribution is 0.00794. The number of fused-ring (bicyclic) bond motifs is 2. The SMILES string of the molecule is COC1C[C@H]2CC[C@@H](C1)N2C(=O)c1cccc(-n2cnnc2)n1. The minimum absolute atomic E-state index is 0.0157. The van der Waals surface area contributed by atoms with Crippen molar-refractivity contribution in [3.63, 3.8) is 0 Å². The lowest BCUT2D eigenvalue weighted by Gasteiger charge is -2.38. The Hall–Kier alpha value is -2.28. The van der Waals surface area contributed by atoms with Crippen LogP contribution in [0.25, 0.3) is 5.82 Å². The molecule has 4 rings (SSSR count). The van der Waals surface area contributed by atoms with Crippen LogP contribution >= 0.6 is 0 Å². The molecule has 2 aromatic rings. The number of amides is 1. The second-order valence-corrected chi connectivity index (χ2v) is 6.18. The van der Waals surface area contributed by atoms with Crippen molar-refractivity contribution >= 4 is 5.91 Å². The van der Waals surface area contributed by atoms with Crippen LogP contribution in [0.1, 0.15) is 36.2 Å². The molecule has 1 amide bonds. The molecule has 7 nitrogen and oxygen atoms in total. The molecule has 2 saturated heterocycles. The van der Waals surface area contributed by atoms with Crippen molar-refractivity contribution in [2.45, 2.75) is 43.9 Å². The molecule has 2 fully saturated rings. The molecule has 4 heterocycles. The highest BCUT2D eigenvalue weighted by Crippen LogP contribution is 2.37. The van der Waals surface area contributed by atoms with Crippen molar-refractivity contribution in [1.29, 1.82) is 0 Å². The van der Waals surface area contributed by atoms with Crippen LogP contribution in [-0.2, 0) is 4.74 Å². The molecule has 2 bridgehead atoms. The summed E-state index contributed by atoms with van der Waals surface area (Å²) in [7, 11) is 1.76. The highest BCUT2D eigenvalue weighted by molar-refractivity contribution is 5.93. The first-order valence-electron chi connectivity index (χ1n) is 7.94. The molecule has 2 aliphatic rings. The van der Waals surface area contributed by atoms with Crippen LogP contribution in [-0.4, -0.2) is 55.9 Å². The number of methoxy groups -OCH3 is 1. The van der Waals surface area contributed by atoms with E-state index < -0.39 is 0 Å². The number of hydrogen-bond acceptors (Lipinski definition) is 5. The minimum Gasteiger partial charge on any atom is -0.381 e. The van der Waals surface area contributed by atoms with Crippen LogP contribution in [0.3, 0.4) is 0 Å². The molecule has 0 spiro atoms. The molecule has 0 radical (unpaired) electrons. The van der Waals surface area contributed by atoms with E-state index in [1.807, 2.05) is 17.0 Å². The fraction of sp³-hybridized carbons (Fsp3) is 0.500. The summed E-state index contributed by atoms with van der Waals surface area (Å²) >= 11 is 0. The molecule has 2 aliphatic heterocycles. The first kappa shape index (κ1) is 14.3. The van der Waals surface area contributed by atoms with Gasteiger partial charge in [0.2, 0.25) is 0 Å². The van der Waals surface area contributed by atoms with E-state index in [2.05, 4.69) is 15.2 Å². The average Bonchev–Trinajstić information content (AvgIpc) is 3.21. The number of piperidine rings is 1. The largest absolute Gasteiger partial charge is 0.381 e. The van der Waals surface area contributed by atoms with Crippen molar-refractivity contribution in [3.05, 3.63) is 36.5 Å². The first-order chi connectivity index (χ1) is 11.3. The number of carbonyl (C=O) groups excluding carboxylic acids is 1. The van der Waals surface area contributed by atoms with E-state index in [0.29, 0.717) is 11.5 Å². The van der Waals surface area contributed by atoms with Gasteiger partial charge in [0.05, 0.1) is 6.10 Å². The van der Waals surface area contributed by atoms with E-state index in [-0.39, 0.29) is 24.1 Å². The van der Waals surface area contributed by atoms with Crippen molar-refractivity contribution in [3.8, 4) is 5.82 Å². The molecule has 0 saturated carbocycles. The molecular weight excluding hydrogens is 294 g/mol. The number of nitrogens with zero attached hydrogens (tertiary/aromatic N) is 5. The first-order valence-corrected chi connectivity index (χ1v) is 7.94. The van der Waals surface area contributed by atoms with E-state index in [0.717, 1.165) is 25.7 Å². The molecule has 2 aromatic heterocycles. The summed E-state index contributed by atoms with van der Waals surface area (Å²) in [5, 5.41) is 7.56. The fourth-order valence-corrected chi connectivity index (χ4v) is 3.79. The Morgan fingerprint density at radius 3 is 2.52 bits per heavy atom. The molecular formula is C16H19N5O2. The maximum Gasteiger partial charge on any atom is 0.273 e. The number of rotatable bonds is 3. The Bertz CT molecular complexity index is 688. The third-order valence-corrected chi connectivity index (χ3v) is 4.89. The van der Waals surface area contributed by atoms with E-state index in [1.165, 1.54) is 0 Å². The smallest absolute Gasteiger partial charge is 0.273 e. The standard InChI is InChI=1S/C16H19N5O2/c1-23-13-7-11-5-6-12(8-13)21(11)16(22)14-3-2-4-15(19-14)20-9-17-18-10-20/h2-4,9-13H,5-8H2,1H3/t11-,12+,13?. The van der Waals surface area contributed by atoms with Gasteiger partial charge in [-0.2, -0.15) is 0 Å². The van der Waals surface area contributed by atoms with E-state index in [9.17, 15) is 4.79 Å². The van der Waals surface area contributed by atoms with E-state index >= 15 is 0 Å². The summed E-state index contributed by atoms with van der Waals surface area (Å²) in [5.74, 6) is 0.668. The van der Waals surface area contributed by atoms with Gasteiger partial charge < -0.3 is 9.64 Å². The Balaban J connectivity index is 1.59. The van der Waals surface area contributed by atoms with Crippen LogP contribution in [0.15, 0.2) is 30.9 Å². The number of carbonyl (C=O) groups is 1. The summed E-state index contributed by atoms with van der Waals surface area (Å²) in [6.07, 6.45) is 7.37. The van der Waals surface area contributed by atoms with Gasteiger partial charge in [-0.25, -0.2) is 4.98 Å². The van der Waals surface area contributed by atoms with Gasteiger partial charge in [-0.05, 0) is 37.8 Å². The fourth-order valence-electron chi connectivity index (χ4n) is 3.79. The lowest BCUT2D eigenvalue weighted by Crippen LogP contribution is -2.48. The van der Waals surface area contributed by atoms with Gasteiger partial charge in [-0.15, -0.1) is 10.2 Å². The Kier molecular flexibility index (Phi) is 3.57. The summed E-state index contributed by atoms with van der Waals surface area (Å²) in [6, 6.07) is 6.00. The molecule has 0 aromatic carbocycles. The zero-order chi connectivity index (χ0) is 15.8. The number of pyridine rings is 1. The van der Waals surface area contributed by atoms with Gasteiger partial charge >= 0.3 is 0 Å². The highest BCUT2D eigenvalue weighted by atomic mass is 16.5. The Labute approximate surface area is 134 Å². The summed E-state index contributed by atoms with van der Waals surface area (Å²) in [4.78, 5) is 19.5. The minimum atomic E-state index is 0.0157. The summed E-state index contributed by atoms with van der Waals surface area (Å²) in [5.41, 5.74) is 0.476. The molecule has 3 atom stereocenters. The van der Waals surface area contributed by atoms with Crippen molar-refractivity contribution < 1.29 is 9.53 Å². The Morgan fingerprint density at radius 2 is 1.87 bits per heavy atom. The summed E-state index contributed by atoms with van der Waals surface area (Å²) in [6.45, 7) is 0. The van der Waals surface area contributed by atoms with Crippen molar-refractivity contribution in [2.75, 3.05) is 7.11 Å². The third kappa shape index (κ3) is 2.50. The van der Waals surface area contributed by atoms with Crippen LogP contribution in [0, 0.1) is 0 Å². The summed E-state index contributed by atoms with van der Waals surface area (Å²) < 4.78 is 7.20. The monoisotopic (exact) mass is 313 g/mol. The van der Waals surface area contributed by atoms with Gasteiger partial charge in [0.25, 0.3) is 5.91 Å². The lowest BCUT2D eigenvalue weighted by atomic mass is 9.99. The molecule has 1 unspecified atom stereocenters.